The Morgan fingerprint density at radius 3 is 2.47 bits per heavy atom. The van der Waals surface area contributed by atoms with E-state index >= 15 is 0 Å². The molecule has 0 aromatic carbocycles. The normalized spacial score (nSPS) is 11.3. The van der Waals surface area contributed by atoms with Gasteiger partial charge in [-0.3, -0.25) is 0 Å². The zero-order valence-electron chi connectivity index (χ0n) is 12.6. The fourth-order valence-electron chi connectivity index (χ4n) is 1.74. The third-order valence-corrected chi connectivity index (χ3v) is 3.17. The first-order valence-corrected chi connectivity index (χ1v) is 7.73. The van der Waals surface area contributed by atoms with Gasteiger partial charge in [-0.15, -0.1) is 0 Å². The third kappa shape index (κ3) is 5.65. The molecule has 0 unspecified atom stereocenters. The minimum Gasteiger partial charge on any atom is -0.383 e. The second-order valence-electron chi connectivity index (χ2n) is 5.28. The monoisotopic (exact) mass is 283 g/mol. The predicted octanol–water partition coefficient (Wildman–Crippen LogP) is 1.80. The van der Waals surface area contributed by atoms with Crippen molar-refractivity contribution in [2.75, 3.05) is 50.6 Å². The van der Waals surface area contributed by atoms with Crippen LogP contribution in [0.25, 0.3) is 0 Å². The van der Waals surface area contributed by atoms with Gasteiger partial charge in [0, 0.05) is 25.7 Å². The average Bonchev–Trinajstić information content (AvgIpc) is 2.32. The van der Waals surface area contributed by atoms with Crippen molar-refractivity contribution in [2.24, 2.45) is 5.92 Å². The van der Waals surface area contributed by atoms with Gasteiger partial charge in [0.05, 0.1) is 0 Å². The average molecular weight is 283 g/mol. The largest absolute Gasteiger partial charge is 0.383 e. The molecular weight excluding hydrogens is 258 g/mol. The highest BCUT2D eigenvalue weighted by atomic mass is 32.2. The van der Waals surface area contributed by atoms with E-state index in [0.717, 1.165) is 30.6 Å². The molecular formula is C13H25N5S. The van der Waals surface area contributed by atoms with E-state index in [-0.39, 0.29) is 0 Å². The number of aromatic nitrogens is 2. The Morgan fingerprint density at radius 1 is 1.26 bits per heavy atom. The van der Waals surface area contributed by atoms with Gasteiger partial charge >= 0.3 is 0 Å². The van der Waals surface area contributed by atoms with Crippen LogP contribution in [0.3, 0.4) is 0 Å². The summed E-state index contributed by atoms with van der Waals surface area (Å²) in [5.74, 6) is 2.04. The van der Waals surface area contributed by atoms with E-state index in [9.17, 15) is 0 Å². The summed E-state index contributed by atoms with van der Waals surface area (Å²) in [6, 6.07) is 1.86. The standard InChI is InChI=1S/C13H25N5S/c1-10(2)9-18(7-6-17(3)4)12-8-11(14)15-13(16-12)19-5/h8,10H,6-7,9H2,1-5H3,(H2,14,15,16). The van der Waals surface area contributed by atoms with Crippen LogP contribution in [-0.4, -0.2) is 54.9 Å². The SMILES string of the molecule is CSc1nc(N)cc(N(CCN(C)C)CC(C)C)n1. The van der Waals surface area contributed by atoms with Crippen LogP contribution >= 0.6 is 11.8 Å². The summed E-state index contributed by atoms with van der Waals surface area (Å²) in [4.78, 5) is 13.2. The number of hydrogen-bond acceptors (Lipinski definition) is 6. The summed E-state index contributed by atoms with van der Waals surface area (Å²) in [5.41, 5.74) is 5.86. The van der Waals surface area contributed by atoms with Crippen molar-refractivity contribution < 1.29 is 0 Å². The van der Waals surface area contributed by atoms with Crippen molar-refractivity contribution in [3.05, 3.63) is 6.07 Å². The summed E-state index contributed by atoms with van der Waals surface area (Å²) in [6.45, 7) is 7.32. The first-order chi connectivity index (χ1) is 8.92. The lowest BCUT2D eigenvalue weighted by molar-refractivity contribution is 0.408. The molecule has 5 nitrogen and oxygen atoms in total. The highest BCUT2D eigenvalue weighted by Crippen LogP contribution is 2.19. The Kier molecular flexibility index (Phi) is 6.37. The lowest BCUT2D eigenvalue weighted by Crippen LogP contribution is -2.35. The van der Waals surface area contributed by atoms with E-state index in [4.69, 9.17) is 5.73 Å². The fourth-order valence-corrected chi connectivity index (χ4v) is 2.13. The van der Waals surface area contributed by atoms with Gasteiger partial charge in [0.25, 0.3) is 0 Å². The first kappa shape index (κ1) is 16.0. The molecule has 6 heteroatoms. The van der Waals surface area contributed by atoms with Crippen LogP contribution in [0.1, 0.15) is 13.8 Å². The zero-order chi connectivity index (χ0) is 14.4. The molecule has 1 aromatic heterocycles. The van der Waals surface area contributed by atoms with Gasteiger partial charge in [-0.2, -0.15) is 0 Å². The molecule has 0 saturated carbocycles. The molecule has 2 N–H and O–H groups in total. The molecule has 0 aliphatic rings. The minimum atomic E-state index is 0.535. The highest BCUT2D eigenvalue weighted by Gasteiger charge is 2.12. The molecule has 1 heterocycles. The quantitative estimate of drug-likeness (QED) is 0.608. The van der Waals surface area contributed by atoms with E-state index in [1.807, 2.05) is 12.3 Å². The van der Waals surface area contributed by atoms with Crippen LogP contribution in [0.2, 0.25) is 0 Å². The van der Waals surface area contributed by atoms with Crippen LogP contribution in [0.15, 0.2) is 11.2 Å². The maximum absolute atomic E-state index is 5.86. The number of hydrogen-bond donors (Lipinski definition) is 1. The fraction of sp³-hybridized carbons (Fsp3) is 0.692. The summed E-state index contributed by atoms with van der Waals surface area (Å²) in [5, 5.41) is 0.730. The molecule has 0 amide bonds. The maximum atomic E-state index is 5.86. The molecule has 0 bridgehead atoms. The van der Waals surface area contributed by atoms with Crippen LogP contribution in [0.4, 0.5) is 11.6 Å². The van der Waals surface area contributed by atoms with Crippen molar-refractivity contribution in [1.29, 1.82) is 0 Å². The van der Waals surface area contributed by atoms with Crippen molar-refractivity contribution in [1.82, 2.24) is 14.9 Å². The molecule has 0 spiro atoms. The van der Waals surface area contributed by atoms with Crippen molar-refractivity contribution in [3.63, 3.8) is 0 Å². The zero-order valence-corrected chi connectivity index (χ0v) is 13.4. The number of rotatable bonds is 7. The summed E-state index contributed by atoms with van der Waals surface area (Å²) in [7, 11) is 4.16. The minimum absolute atomic E-state index is 0.535. The lowest BCUT2D eigenvalue weighted by atomic mass is 10.2. The second-order valence-corrected chi connectivity index (χ2v) is 6.05. The smallest absolute Gasteiger partial charge is 0.191 e. The van der Waals surface area contributed by atoms with Crippen LogP contribution in [0, 0.1) is 5.92 Å². The van der Waals surface area contributed by atoms with Crippen molar-refractivity contribution in [2.45, 2.75) is 19.0 Å². The van der Waals surface area contributed by atoms with E-state index in [1.54, 1.807) is 0 Å². The van der Waals surface area contributed by atoms with E-state index < -0.39 is 0 Å². The highest BCUT2D eigenvalue weighted by molar-refractivity contribution is 7.98. The van der Waals surface area contributed by atoms with Gasteiger partial charge in [0.15, 0.2) is 5.16 Å². The van der Waals surface area contributed by atoms with Gasteiger partial charge in [0.1, 0.15) is 11.6 Å². The van der Waals surface area contributed by atoms with E-state index in [1.165, 1.54) is 11.8 Å². The number of nitrogens with zero attached hydrogens (tertiary/aromatic N) is 4. The molecule has 108 valence electrons. The van der Waals surface area contributed by atoms with E-state index in [2.05, 4.69) is 47.7 Å². The van der Waals surface area contributed by atoms with Gasteiger partial charge in [0.2, 0.25) is 0 Å². The summed E-state index contributed by atoms with van der Waals surface area (Å²) >= 11 is 1.52. The van der Waals surface area contributed by atoms with E-state index in [0.29, 0.717) is 11.7 Å². The Labute approximate surface area is 120 Å². The molecule has 0 fully saturated rings. The van der Waals surface area contributed by atoms with Gasteiger partial charge in [-0.25, -0.2) is 9.97 Å². The maximum Gasteiger partial charge on any atom is 0.191 e. The molecule has 1 rings (SSSR count). The number of thioether (sulfide) groups is 1. The first-order valence-electron chi connectivity index (χ1n) is 6.50. The van der Waals surface area contributed by atoms with Gasteiger partial charge in [-0.05, 0) is 26.3 Å². The molecule has 19 heavy (non-hydrogen) atoms. The van der Waals surface area contributed by atoms with Gasteiger partial charge in [-0.1, -0.05) is 25.6 Å². The summed E-state index contributed by atoms with van der Waals surface area (Å²) < 4.78 is 0. The molecule has 0 saturated heterocycles. The Bertz CT molecular complexity index is 395. The number of likely N-dealkylation sites (N-methyl/N-ethyl adjacent to an activating group) is 1. The number of nitrogen functional groups attached to an aromatic ring is 1. The Morgan fingerprint density at radius 2 is 1.95 bits per heavy atom. The number of nitrogens with two attached hydrogens (primary N) is 1. The van der Waals surface area contributed by atoms with Crippen LogP contribution in [-0.2, 0) is 0 Å². The van der Waals surface area contributed by atoms with Crippen molar-refractivity contribution >= 4 is 23.4 Å². The molecule has 1 aromatic rings. The van der Waals surface area contributed by atoms with Crippen LogP contribution < -0.4 is 10.6 Å². The predicted molar refractivity (Wildman–Crippen MR) is 83.8 cm³/mol. The molecule has 0 atom stereocenters. The van der Waals surface area contributed by atoms with Crippen LogP contribution in [0.5, 0.6) is 0 Å². The van der Waals surface area contributed by atoms with Crippen molar-refractivity contribution in [3.8, 4) is 0 Å². The van der Waals surface area contributed by atoms with Gasteiger partial charge < -0.3 is 15.5 Å². The molecule has 0 radical (unpaired) electrons. The summed E-state index contributed by atoms with van der Waals surface area (Å²) in [6.07, 6.45) is 1.96. The lowest BCUT2D eigenvalue weighted by Gasteiger charge is -2.27. The topological polar surface area (TPSA) is 58.3 Å². The molecule has 0 aliphatic heterocycles. The second kappa shape index (κ2) is 7.55. The molecule has 0 aliphatic carbocycles. The number of anilines is 2. The third-order valence-electron chi connectivity index (χ3n) is 2.62. The Balaban J connectivity index is 2.91. The Hall–Kier alpha value is -1.01.